The van der Waals surface area contributed by atoms with Gasteiger partial charge in [0.2, 0.25) is 0 Å². The maximum absolute atomic E-state index is 13.2. The maximum Gasteiger partial charge on any atom is 0.261 e. The van der Waals surface area contributed by atoms with Gasteiger partial charge in [0.05, 0.1) is 23.8 Å². The van der Waals surface area contributed by atoms with Gasteiger partial charge in [-0.15, -0.1) is 0 Å². The molecule has 0 atom stereocenters. The number of hydrogen-bond acceptors (Lipinski definition) is 3. The van der Waals surface area contributed by atoms with Crippen LogP contribution in [-0.2, 0) is 6.54 Å². The van der Waals surface area contributed by atoms with Gasteiger partial charge >= 0.3 is 0 Å². The highest BCUT2D eigenvalue weighted by molar-refractivity contribution is 5.96. The summed E-state index contributed by atoms with van der Waals surface area (Å²) in [6.45, 7) is -0.290. The third-order valence-electron chi connectivity index (χ3n) is 3.29. The van der Waals surface area contributed by atoms with Gasteiger partial charge in [-0.1, -0.05) is 12.1 Å². The van der Waals surface area contributed by atoms with Crippen molar-refractivity contribution in [3.63, 3.8) is 0 Å². The first-order valence-corrected chi connectivity index (χ1v) is 6.48. The lowest BCUT2D eigenvalue weighted by molar-refractivity contribution is 0.0970. The number of benzene rings is 2. The average molecular weight is 300 g/mol. The van der Waals surface area contributed by atoms with Gasteiger partial charge in [0.25, 0.3) is 5.56 Å². The Morgan fingerprint density at radius 2 is 1.86 bits per heavy atom. The Labute approximate surface area is 123 Å². The number of para-hydroxylation sites is 1. The molecule has 0 aliphatic carbocycles. The molecule has 0 amide bonds. The van der Waals surface area contributed by atoms with E-state index in [9.17, 15) is 18.4 Å². The molecule has 1 aromatic heterocycles. The molecule has 6 heteroatoms. The van der Waals surface area contributed by atoms with Crippen LogP contribution in [0.4, 0.5) is 8.78 Å². The molecule has 0 saturated carbocycles. The van der Waals surface area contributed by atoms with Crippen molar-refractivity contribution < 1.29 is 13.6 Å². The van der Waals surface area contributed by atoms with E-state index in [-0.39, 0.29) is 17.7 Å². The summed E-state index contributed by atoms with van der Waals surface area (Å²) in [6, 6.07) is 9.64. The van der Waals surface area contributed by atoms with Gasteiger partial charge in [-0.3, -0.25) is 14.2 Å². The summed E-state index contributed by atoms with van der Waals surface area (Å²) in [6.07, 6.45) is 1.27. The monoisotopic (exact) mass is 300 g/mol. The van der Waals surface area contributed by atoms with E-state index >= 15 is 0 Å². The summed E-state index contributed by atoms with van der Waals surface area (Å²) in [5.74, 6) is -2.63. The highest BCUT2D eigenvalue weighted by Gasteiger charge is 2.12. The van der Waals surface area contributed by atoms with Crippen molar-refractivity contribution in [2.75, 3.05) is 0 Å². The first kappa shape index (κ1) is 14.1. The summed E-state index contributed by atoms with van der Waals surface area (Å²) >= 11 is 0. The van der Waals surface area contributed by atoms with Crippen LogP contribution in [0.2, 0.25) is 0 Å². The first-order chi connectivity index (χ1) is 10.6. The standard InChI is InChI=1S/C16H10F2N2O2/c17-12-6-5-10(7-13(12)18)15(21)8-20-9-19-14-4-2-1-3-11(14)16(20)22/h1-7,9H,8H2. The lowest BCUT2D eigenvalue weighted by Gasteiger charge is -2.06. The van der Waals surface area contributed by atoms with E-state index in [0.717, 1.165) is 16.7 Å². The zero-order valence-electron chi connectivity index (χ0n) is 11.3. The number of ketones is 1. The SMILES string of the molecule is O=C(Cn1cnc2ccccc2c1=O)c1ccc(F)c(F)c1. The second kappa shape index (κ2) is 5.48. The van der Waals surface area contributed by atoms with Crippen LogP contribution in [0.1, 0.15) is 10.4 Å². The van der Waals surface area contributed by atoms with Crippen molar-refractivity contribution in [1.29, 1.82) is 0 Å². The van der Waals surface area contributed by atoms with Crippen LogP contribution in [-0.4, -0.2) is 15.3 Å². The fourth-order valence-corrected chi connectivity index (χ4v) is 2.13. The molecule has 22 heavy (non-hydrogen) atoms. The second-order valence-electron chi connectivity index (χ2n) is 4.75. The molecular weight excluding hydrogens is 290 g/mol. The molecule has 0 unspecified atom stereocenters. The van der Waals surface area contributed by atoms with Gasteiger partial charge in [-0.05, 0) is 30.3 Å². The molecule has 1 heterocycles. The van der Waals surface area contributed by atoms with Crippen molar-refractivity contribution in [2.24, 2.45) is 0 Å². The molecule has 0 saturated heterocycles. The molecule has 0 aliphatic heterocycles. The van der Waals surface area contributed by atoms with Gasteiger partial charge in [0.15, 0.2) is 17.4 Å². The molecule has 110 valence electrons. The van der Waals surface area contributed by atoms with Crippen LogP contribution in [0.15, 0.2) is 53.6 Å². The van der Waals surface area contributed by atoms with E-state index in [2.05, 4.69) is 4.98 Å². The summed E-state index contributed by atoms with van der Waals surface area (Å²) < 4.78 is 27.2. The van der Waals surface area contributed by atoms with Crippen molar-refractivity contribution in [1.82, 2.24) is 9.55 Å². The van der Waals surface area contributed by atoms with Crippen LogP contribution >= 0.6 is 0 Å². The van der Waals surface area contributed by atoms with Crippen LogP contribution in [0.25, 0.3) is 10.9 Å². The first-order valence-electron chi connectivity index (χ1n) is 6.48. The van der Waals surface area contributed by atoms with E-state index < -0.39 is 17.4 Å². The van der Waals surface area contributed by atoms with Gasteiger partial charge in [0, 0.05) is 5.56 Å². The zero-order valence-corrected chi connectivity index (χ0v) is 11.3. The number of nitrogens with zero attached hydrogens (tertiary/aromatic N) is 2. The van der Waals surface area contributed by atoms with Crippen LogP contribution in [0.5, 0.6) is 0 Å². The highest BCUT2D eigenvalue weighted by Crippen LogP contribution is 2.10. The van der Waals surface area contributed by atoms with E-state index in [4.69, 9.17) is 0 Å². The summed E-state index contributed by atoms with van der Waals surface area (Å²) in [5.41, 5.74) is 0.171. The Hall–Kier alpha value is -2.89. The normalized spacial score (nSPS) is 10.8. The minimum atomic E-state index is -1.10. The second-order valence-corrected chi connectivity index (χ2v) is 4.75. The van der Waals surface area contributed by atoms with Gasteiger partial charge < -0.3 is 0 Å². The minimum Gasteiger partial charge on any atom is -0.292 e. The zero-order chi connectivity index (χ0) is 15.7. The Balaban J connectivity index is 1.96. The molecule has 0 aliphatic rings. The van der Waals surface area contributed by atoms with Crippen molar-refractivity contribution in [3.8, 4) is 0 Å². The largest absolute Gasteiger partial charge is 0.292 e. The van der Waals surface area contributed by atoms with Gasteiger partial charge in [0.1, 0.15) is 0 Å². The maximum atomic E-state index is 13.2. The Bertz CT molecular complexity index is 935. The fourth-order valence-electron chi connectivity index (χ4n) is 2.13. The van der Waals surface area contributed by atoms with E-state index in [1.165, 1.54) is 12.4 Å². The molecule has 3 rings (SSSR count). The fraction of sp³-hybridized carbons (Fsp3) is 0.0625. The van der Waals surface area contributed by atoms with E-state index in [1.807, 2.05) is 0 Å². The number of carbonyl (C=O) groups excluding carboxylic acids is 1. The topological polar surface area (TPSA) is 52.0 Å². The van der Waals surface area contributed by atoms with E-state index in [0.29, 0.717) is 10.9 Å². The number of hydrogen-bond donors (Lipinski definition) is 0. The number of fused-ring (bicyclic) bond motifs is 1. The number of aromatic nitrogens is 2. The molecule has 0 radical (unpaired) electrons. The lowest BCUT2D eigenvalue weighted by Crippen LogP contribution is -2.24. The van der Waals surface area contributed by atoms with Crippen molar-refractivity contribution in [3.05, 3.63) is 76.3 Å². The molecule has 3 aromatic rings. The van der Waals surface area contributed by atoms with E-state index in [1.54, 1.807) is 24.3 Å². The molecule has 0 fully saturated rings. The molecule has 2 aromatic carbocycles. The minimum absolute atomic E-state index is 0.000964. The Kier molecular flexibility index (Phi) is 3.50. The summed E-state index contributed by atoms with van der Waals surface area (Å²) in [5, 5.41) is 0.392. The van der Waals surface area contributed by atoms with Crippen LogP contribution in [0, 0.1) is 11.6 Å². The van der Waals surface area contributed by atoms with Crippen molar-refractivity contribution >= 4 is 16.7 Å². The smallest absolute Gasteiger partial charge is 0.261 e. The summed E-state index contributed by atoms with van der Waals surface area (Å²) in [7, 11) is 0. The van der Waals surface area contributed by atoms with Gasteiger partial charge in [-0.2, -0.15) is 0 Å². The predicted molar refractivity (Wildman–Crippen MR) is 76.7 cm³/mol. The molecule has 0 spiro atoms. The average Bonchev–Trinajstić information content (AvgIpc) is 2.53. The quantitative estimate of drug-likeness (QED) is 0.699. The van der Waals surface area contributed by atoms with Crippen molar-refractivity contribution in [2.45, 2.75) is 6.54 Å². The molecule has 0 N–H and O–H groups in total. The third-order valence-corrected chi connectivity index (χ3v) is 3.29. The Morgan fingerprint density at radius 1 is 1.09 bits per heavy atom. The summed E-state index contributed by atoms with van der Waals surface area (Å²) in [4.78, 5) is 28.4. The number of halogens is 2. The third kappa shape index (κ3) is 2.50. The van der Waals surface area contributed by atoms with Gasteiger partial charge in [-0.25, -0.2) is 13.8 Å². The number of rotatable bonds is 3. The number of Topliss-reactive ketones (excluding diaryl/α,β-unsaturated/α-hetero) is 1. The highest BCUT2D eigenvalue weighted by atomic mass is 19.2. The predicted octanol–water partition coefficient (Wildman–Crippen LogP) is 2.56. The molecule has 0 bridgehead atoms. The van der Waals surface area contributed by atoms with Crippen LogP contribution in [0.3, 0.4) is 0 Å². The molecule has 4 nitrogen and oxygen atoms in total. The lowest BCUT2D eigenvalue weighted by atomic mass is 10.1. The molecular formula is C16H10F2N2O2. The van der Waals surface area contributed by atoms with Crippen LogP contribution < -0.4 is 5.56 Å². The Morgan fingerprint density at radius 3 is 2.64 bits per heavy atom. The number of carbonyl (C=O) groups is 1.